The van der Waals surface area contributed by atoms with Gasteiger partial charge >= 0.3 is 74.4 Å². The third-order valence-electron chi connectivity index (χ3n) is 1.38. The third-order valence-corrected chi connectivity index (χ3v) is 3.19. The molecule has 0 bridgehead atoms. The molecular weight excluding hydrogens is 324 g/mol. The Balaban J connectivity index is -0.000000213. The van der Waals surface area contributed by atoms with E-state index in [0.717, 1.165) is 0 Å². The van der Waals surface area contributed by atoms with E-state index in [4.69, 9.17) is 9.11 Å². The fourth-order valence-electron chi connectivity index (χ4n) is 0.493. The Hall–Kier alpha value is 0.595. The quantitative estimate of drug-likeness (QED) is 0.303. The van der Waals surface area contributed by atoms with Crippen LogP contribution in [0.4, 0.5) is 26.3 Å². The first-order valence-electron chi connectivity index (χ1n) is 3.07. The van der Waals surface area contributed by atoms with Gasteiger partial charge in [0.2, 0.25) is 0 Å². The SMILES string of the molecule is O=S(=O)(O)C(F)(F)C(F)(F)C(F)(F)S(=O)(=O)O.[H-].[H-].[Li+].[Li+]. The van der Waals surface area contributed by atoms with Crippen LogP contribution in [0.3, 0.4) is 0 Å². The summed E-state index contributed by atoms with van der Waals surface area (Å²) in [5.74, 6) is -7.08. The van der Waals surface area contributed by atoms with Gasteiger partial charge in [0.1, 0.15) is 0 Å². The zero-order chi connectivity index (χ0) is 14.5. The summed E-state index contributed by atoms with van der Waals surface area (Å²) in [5, 5.41) is -13.6. The number of alkyl halides is 6. The summed E-state index contributed by atoms with van der Waals surface area (Å²) in [7, 11) is -14.1. The minimum absolute atomic E-state index is 0. The molecule has 16 heteroatoms. The molecule has 0 aromatic rings. The first-order valence-corrected chi connectivity index (χ1v) is 5.95. The van der Waals surface area contributed by atoms with Crippen molar-refractivity contribution in [3.8, 4) is 0 Å². The molecule has 0 heterocycles. The maximum Gasteiger partial charge on any atom is 1.00 e. The predicted octanol–water partition coefficient (Wildman–Crippen LogP) is -5.18. The molecule has 0 spiro atoms. The molecule has 0 aliphatic heterocycles. The van der Waals surface area contributed by atoms with Crippen LogP contribution in [0.1, 0.15) is 2.85 Å². The smallest absolute Gasteiger partial charge is 1.00 e. The molecule has 0 atom stereocenters. The number of hydrogen-bond acceptors (Lipinski definition) is 4. The van der Waals surface area contributed by atoms with Crippen molar-refractivity contribution in [3.05, 3.63) is 0 Å². The van der Waals surface area contributed by atoms with Crippen LogP contribution >= 0.6 is 0 Å². The Labute approximate surface area is 129 Å². The molecule has 0 aromatic heterocycles. The van der Waals surface area contributed by atoms with Crippen molar-refractivity contribution in [3.63, 3.8) is 0 Å². The van der Waals surface area contributed by atoms with Crippen molar-refractivity contribution < 1.29 is 92.9 Å². The number of rotatable bonds is 4. The average Bonchev–Trinajstić information content (AvgIpc) is 1.98. The van der Waals surface area contributed by atoms with E-state index in [1.807, 2.05) is 0 Å². The van der Waals surface area contributed by atoms with Gasteiger partial charge < -0.3 is 2.85 Å². The average molecular weight is 328 g/mol. The Kier molecular flexibility index (Phi) is 7.96. The summed E-state index contributed by atoms with van der Waals surface area (Å²) in [6, 6.07) is 0. The van der Waals surface area contributed by atoms with Crippen LogP contribution in [0, 0.1) is 0 Å². The largest absolute Gasteiger partial charge is 1.00 e. The van der Waals surface area contributed by atoms with E-state index < -0.39 is 36.7 Å². The predicted molar refractivity (Wildman–Crippen MR) is 40.2 cm³/mol. The Morgan fingerprint density at radius 2 is 0.842 bits per heavy atom. The summed E-state index contributed by atoms with van der Waals surface area (Å²) in [6.07, 6.45) is 0. The number of halogens is 6. The van der Waals surface area contributed by atoms with E-state index in [1.165, 1.54) is 0 Å². The van der Waals surface area contributed by atoms with Gasteiger partial charge in [-0.05, 0) is 0 Å². The van der Waals surface area contributed by atoms with Gasteiger partial charge in [-0.15, -0.1) is 0 Å². The topological polar surface area (TPSA) is 109 Å². The van der Waals surface area contributed by atoms with Crippen molar-refractivity contribution >= 4 is 20.2 Å². The molecular formula is C3H4F6Li2O6S2. The second-order valence-corrected chi connectivity index (χ2v) is 5.48. The molecule has 0 aliphatic rings. The molecule has 0 aromatic carbocycles. The zero-order valence-electron chi connectivity index (χ0n) is 11.1. The van der Waals surface area contributed by atoms with E-state index in [-0.39, 0.29) is 40.6 Å². The molecule has 0 radical (unpaired) electrons. The zero-order valence-corrected chi connectivity index (χ0v) is 10.7. The van der Waals surface area contributed by atoms with Crippen molar-refractivity contribution in [1.29, 1.82) is 0 Å². The third kappa shape index (κ3) is 3.82. The fraction of sp³-hybridized carbons (Fsp3) is 1.00. The standard InChI is InChI=1S/C3H2F6O6S2.2Li.2H/c4-1(5,2(6,7)16(10,11)12)3(8,9)17(13,14)15;;;;/h(H,10,11,12)(H,13,14,15);;;;/q;2*+1;2*-1. The van der Waals surface area contributed by atoms with Gasteiger partial charge in [0.25, 0.3) is 0 Å². The summed E-state index contributed by atoms with van der Waals surface area (Å²) < 4.78 is 128. The van der Waals surface area contributed by atoms with Crippen LogP contribution in [0.2, 0.25) is 0 Å². The van der Waals surface area contributed by atoms with Crippen LogP contribution in [0.25, 0.3) is 0 Å². The molecule has 0 unspecified atom stereocenters. The molecule has 0 saturated heterocycles. The second-order valence-electron chi connectivity index (χ2n) is 2.56. The molecule has 2 N–H and O–H groups in total. The molecule has 6 nitrogen and oxygen atoms in total. The van der Waals surface area contributed by atoms with Gasteiger partial charge in [0.15, 0.2) is 0 Å². The molecule has 108 valence electrons. The minimum Gasteiger partial charge on any atom is -1.00 e. The van der Waals surface area contributed by atoms with Gasteiger partial charge in [-0.1, -0.05) is 0 Å². The minimum atomic E-state index is -7.08. The first kappa shape index (κ1) is 24.6. The van der Waals surface area contributed by atoms with Crippen molar-refractivity contribution in [2.24, 2.45) is 0 Å². The molecule has 0 rings (SSSR count). The van der Waals surface area contributed by atoms with Gasteiger partial charge in [-0.25, -0.2) is 0 Å². The van der Waals surface area contributed by atoms with Gasteiger partial charge in [0.05, 0.1) is 0 Å². The van der Waals surface area contributed by atoms with E-state index in [0.29, 0.717) is 0 Å². The van der Waals surface area contributed by atoms with Crippen LogP contribution < -0.4 is 37.7 Å². The summed E-state index contributed by atoms with van der Waals surface area (Å²) in [6.45, 7) is 0. The second kappa shape index (κ2) is 6.15. The van der Waals surface area contributed by atoms with E-state index in [1.54, 1.807) is 0 Å². The molecule has 0 amide bonds. The normalized spacial score (nSPS) is 14.3. The molecule has 19 heavy (non-hydrogen) atoms. The fourth-order valence-corrected chi connectivity index (χ4v) is 1.46. The Morgan fingerprint density at radius 3 is 0.947 bits per heavy atom. The Morgan fingerprint density at radius 1 is 0.684 bits per heavy atom. The van der Waals surface area contributed by atoms with Gasteiger partial charge in [-0.3, -0.25) is 9.11 Å². The number of hydrogen-bond donors (Lipinski definition) is 2. The van der Waals surface area contributed by atoms with Gasteiger partial charge in [0, 0.05) is 0 Å². The summed E-state index contributed by atoms with van der Waals surface area (Å²) in [4.78, 5) is 0. The van der Waals surface area contributed by atoms with Crippen LogP contribution in [-0.2, 0) is 20.2 Å². The molecule has 0 fully saturated rings. The summed E-state index contributed by atoms with van der Waals surface area (Å²) >= 11 is 0. The van der Waals surface area contributed by atoms with E-state index in [2.05, 4.69) is 0 Å². The monoisotopic (exact) mass is 328 g/mol. The molecule has 0 aliphatic carbocycles. The Bertz CT molecular complexity index is 477. The van der Waals surface area contributed by atoms with Crippen molar-refractivity contribution in [2.75, 3.05) is 0 Å². The van der Waals surface area contributed by atoms with E-state index in [9.17, 15) is 43.2 Å². The van der Waals surface area contributed by atoms with Crippen molar-refractivity contribution in [2.45, 2.75) is 16.4 Å². The van der Waals surface area contributed by atoms with E-state index >= 15 is 0 Å². The first-order chi connectivity index (χ1) is 7.00. The van der Waals surface area contributed by atoms with Crippen molar-refractivity contribution in [1.82, 2.24) is 0 Å². The maximum atomic E-state index is 12.4. The maximum absolute atomic E-state index is 12.4. The van der Waals surface area contributed by atoms with Crippen LogP contribution in [0.15, 0.2) is 0 Å². The summed E-state index contributed by atoms with van der Waals surface area (Å²) in [5.41, 5.74) is 0. The van der Waals surface area contributed by atoms with Crippen LogP contribution in [-0.4, -0.2) is 42.4 Å². The van der Waals surface area contributed by atoms with Gasteiger partial charge in [-0.2, -0.15) is 43.2 Å². The van der Waals surface area contributed by atoms with Crippen LogP contribution in [0.5, 0.6) is 0 Å². The molecule has 0 saturated carbocycles.